The Balaban J connectivity index is 6.31. The largest absolute Gasteiger partial charge is 0.461 e. The van der Waals surface area contributed by atoms with E-state index in [0.29, 0.717) is 17.9 Å². The molecule has 12 nitrogen and oxygen atoms in total. The number of likely N-dealkylation sites (N-methyl/N-ethyl adjacent to an activating group) is 4. The minimum absolute atomic E-state index is 0.156. The topological polar surface area (TPSA) is 105 Å². The Morgan fingerprint density at radius 1 is 0.292 bits per heavy atom. The first-order valence-corrected chi connectivity index (χ1v) is 26.6. The van der Waals surface area contributed by atoms with Crippen molar-refractivity contribution in [2.45, 2.75) is 182 Å². The van der Waals surface area contributed by atoms with E-state index in [1.54, 1.807) is 0 Å². The van der Waals surface area contributed by atoms with E-state index in [9.17, 15) is 19.2 Å². The van der Waals surface area contributed by atoms with E-state index in [0.717, 1.165) is 77.5 Å². The van der Waals surface area contributed by atoms with Crippen LogP contribution in [0.1, 0.15) is 182 Å². The van der Waals surface area contributed by atoms with Gasteiger partial charge in [-0.05, 0) is 51.4 Å². The van der Waals surface area contributed by atoms with Gasteiger partial charge in [-0.2, -0.15) is 0 Å². The van der Waals surface area contributed by atoms with E-state index in [1.165, 1.54) is 103 Å². The van der Waals surface area contributed by atoms with Crippen molar-refractivity contribution in [3.63, 3.8) is 0 Å². The monoisotopic (exact) mass is 929 g/mol. The zero-order chi connectivity index (χ0) is 49.1. The first-order chi connectivity index (χ1) is 30.6. The van der Waals surface area contributed by atoms with Gasteiger partial charge in [0.15, 0.2) is 26.2 Å². The Labute approximate surface area is 401 Å². The first-order valence-electron chi connectivity index (χ1n) is 26.6. The predicted molar refractivity (Wildman–Crippen MR) is 267 cm³/mol. The van der Waals surface area contributed by atoms with Gasteiger partial charge in [0.25, 0.3) is 0 Å². The molecule has 0 aromatic heterocycles. The molecule has 0 aromatic carbocycles. The summed E-state index contributed by atoms with van der Waals surface area (Å²) in [7, 11) is 16.3. The zero-order valence-corrected chi connectivity index (χ0v) is 45.0. The van der Waals surface area contributed by atoms with Crippen molar-refractivity contribution < 1.29 is 56.1 Å². The molecule has 0 atom stereocenters. The fraction of sp³-hybridized carbons (Fsp3) is 0.925. The van der Waals surface area contributed by atoms with Crippen molar-refractivity contribution in [3.8, 4) is 0 Å². The van der Waals surface area contributed by atoms with Gasteiger partial charge >= 0.3 is 23.9 Å². The van der Waals surface area contributed by atoms with Crippen LogP contribution in [0.25, 0.3) is 0 Å². The molecule has 0 aliphatic heterocycles. The van der Waals surface area contributed by atoms with Crippen molar-refractivity contribution in [3.05, 3.63) is 0 Å². The zero-order valence-electron chi connectivity index (χ0n) is 45.0. The second kappa shape index (κ2) is 35.8. The van der Waals surface area contributed by atoms with Crippen LogP contribution in [-0.2, 0) is 38.1 Å². The Morgan fingerprint density at radius 2 is 0.462 bits per heavy atom. The van der Waals surface area contributed by atoms with E-state index in [4.69, 9.17) is 18.9 Å². The molecular weight excluding hydrogens is 821 g/mol. The van der Waals surface area contributed by atoms with Crippen LogP contribution >= 0.6 is 0 Å². The molecule has 0 rings (SSSR count). The van der Waals surface area contributed by atoms with E-state index in [2.05, 4.69) is 27.7 Å². The second-order valence-corrected chi connectivity index (χ2v) is 22.5. The summed E-state index contributed by atoms with van der Waals surface area (Å²) < 4.78 is 26.1. The van der Waals surface area contributed by atoms with Crippen LogP contribution in [0.5, 0.6) is 0 Å². The van der Waals surface area contributed by atoms with Crippen LogP contribution in [0.2, 0.25) is 0 Å². The molecule has 0 unspecified atom stereocenters. The summed E-state index contributed by atoms with van der Waals surface area (Å²) in [6.07, 6.45) is 28.1. The number of unbranched alkanes of at least 4 members (excludes halogenated alkanes) is 20. The standard InChI is InChI=1S/C53H108N4O8/c1-13-17-21-25-29-33-37-54(5,6)41-49(58)62-45-53(46-63-50(59)42-55(7,8)38-34-30-26-22-18-14-2,47-64-51(60)43-56(9,10)39-35-31-27-23-19-15-3)48-65-52(61)44-57(11,12)40-36-32-28-24-20-16-4/h13-48H2,1-12H3/q+4. The summed E-state index contributed by atoms with van der Waals surface area (Å²) >= 11 is 0. The molecule has 384 valence electrons. The van der Waals surface area contributed by atoms with Gasteiger partial charge in [-0.3, -0.25) is 0 Å². The smallest absolute Gasteiger partial charge is 0.361 e. The highest BCUT2D eigenvalue weighted by molar-refractivity contribution is 5.72. The van der Waals surface area contributed by atoms with Crippen LogP contribution in [0, 0.1) is 5.41 Å². The Morgan fingerprint density at radius 3 is 0.646 bits per heavy atom. The Kier molecular flexibility index (Phi) is 34.5. The normalized spacial score (nSPS) is 12.6. The van der Waals surface area contributed by atoms with Gasteiger partial charge in [0.05, 0.1) is 82.6 Å². The number of carbonyl (C=O) groups excluding carboxylic acids is 4. The number of esters is 4. The maximum Gasteiger partial charge on any atom is 0.361 e. The molecule has 0 saturated carbocycles. The summed E-state index contributed by atoms with van der Waals surface area (Å²) in [5.74, 6) is -1.61. The average molecular weight is 929 g/mol. The van der Waals surface area contributed by atoms with E-state index < -0.39 is 29.3 Å². The van der Waals surface area contributed by atoms with Crippen LogP contribution in [-0.4, -0.2) is 177 Å². The maximum absolute atomic E-state index is 13.6. The molecule has 0 saturated heterocycles. The van der Waals surface area contributed by atoms with Gasteiger partial charge < -0.3 is 36.9 Å². The number of hydrogen-bond donors (Lipinski definition) is 0. The van der Waals surface area contributed by atoms with Gasteiger partial charge in [0.1, 0.15) is 31.8 Å². The summed E-state index contributed by atoms with van der Waals surface area (Å²) in [5.41, 5.74) is -1.31. The number of rotatable bonds is 44. The van der Waals surface area contributed by atoms with Gasteiger partial charge in [0, 0.05) is 0 Å². The fourth-order valence-corrected chi connectivity index (χ4v) is 8.36. The SMILES string of the molecule is CCCCCCCC[N+](C)(C)CC(=O)OCC(COC(=O)C[N+](C)(C)CCCCCCCC)(COC(=O)C[N+](C)(C)CCCCCCCC)COC(=O)C[N+](C)(C)CCCCCCCC. The van der Waals surface area contributed by atoms with Gasteiger partial charge in [-0.25, -0.2) is 19.2 Å². The molecule has 0 bridgehead atoms. The lowest BCUT2D eigenvalue weighted by atomic mass is 9.92. The average Bonchev–Trinajstić information content (AvgIpc) is 3.21. The highest BCUT2D eigenvalue weighted by Crippen LogP contribution is 2.23. The number of nitrogens with zero attached hydrogens (tertiary/aromatic N) is 4. The number of hydrogen-bond acceptors (Lipinski definition) is 8. The third kappa shape index (κ3) is 36.4. The molecule has 65 heavy (non-hydrogen) atoms. The fourth-order valence-electron chi connectivity index (χ4n) is 8.36. The van der Waals surface area contributed by atoms with E-state index in [-0.39, 0.29) is 52.6 Å². The van der Waals surface area contributed by atoms with Crippen molar-refractivity contribution in [2.24, 2.45) is 5.41 Å². The van der Waals surface area contributed by atoms with Crippen LogP contribution in [0.4, 0.5) is 0 Å². The second-order valence-electron chi connectivity index (χ2n) is 22.5. The third-order valence-corrected chi connectivity index (χ3v) is 12.9. The lowest BCUT2D eigenvalue weighted by Crippen LogP contribution is -2.50. The molecule has 0 heterocycles. The molecule has 0 fully saturated rings. The minimum atomic E-state index is -1.31. The number of carbonyl (C=O) groups is 4. The van der Waals surface area contributed by atoms with Crippen LogP contribution in [0.15, 0.2) is 0 Å². The molecule has 0 amide bonds. The molecule has 0 aromatic rings. The van der Waals surface area contributed by atoms with E-state index >= 15 is 0 Å². The molecule has 0 aliphatic carbocycles. The lowest BCUT2D eigenvalue weighted by molar-refractivity contribution is -0.883. The summed E-state index contributed by atoms with van der Waals surface area (Å²) in [4.78, 5) is 54.6. The van der Waals surface area contributed by atoms with Crippen molar-refractivity contribution in [1.82, 2.24) is 0 Å². The van der Waals surface area contributed by atoms with Gasteiger partial charge in [0.2, 0.25) is 0 Å². The van der Waals surface area contributed by atoms with E-state index in [1.807, 2.05) is 56.4 Å². The van der Waals surface area contributed by atoms with Gasteiger partial charge in [-0.1, -0.05) is 130 Å². The quantitative estimate of drug-likeness (QED) is 0.0258. The van der Waals surface area contributed by atoms with Crippen LogP contribution in [0.3, 0.4) is 0 Å². The number of quaternary nitrogens is 4. The molecule has 0 radical (unpaired) electrons. The summed E-state index contributed by atoms with van der Waals surface area (Å²) in [6.45, 7) is 11.9. The molecule has 0 aliphatic rings. The molecule has 0 N–H and O–H groups in total. The summed E-state index contributed by atoms with van der Waals surface area (Å²) in [5, 5.41) is 0. The van der Waals surface area contributed by atoms with Crippen molar-refractivity contribution >= 4 is 23.9 Å². The minimum Gasteiger partial charge on any atom is -0.461 e. The van der Waals surface area contributed by atoms with Gasteiger partial charge in [-0.15, -0.1) is 0 Å². The third-order valence-electron chi connectivity index (χ3n) is 12.9. The maximum atomic E-state index is 13.6. The van der Waals surface area contributed by atoms with Crippen LogP contribution < -0.4 is 0 Å². The predicted octanol–water partition coefficient (Wildman–Crippen LogP) is 9.89. The van der Waals surface area contributed by atoms with Crippen molar-refractivity contribution in [2.75, 3.05) is 135 Å². The highest BCUT2D eigenvalue weighted by Gasteiger charge is 2.40. The molecule has 12 heteroatoms. The summed E-state index contributed by atoms with van der Waals surface area (Å²) in [6, 6.07) is 0. The van der Waals surface area contributed by atoms with Crippen molar-refractivity contribution in [1.29, 1.82) is 0 Å². The first kappa shape index (κ1) is 62.7. The Bertz CT molecular complexity index is 1060. The number of ether oxygens (including phenoxy) is 4. The molecule has 0 spiro atoms. The molecular formula is C53H108N4O8+4. The lowest BCUT2D eigenvalue weighted by Gasteiger charge is -2.35. The Hall–Kier alpha value is -2.28. The highest BCUT2D eigenvalue weighted by atomic mass is 16.6.